The van der Waals surface area contributed by atoms with Crippen molar-refractivity contribution >= 4 is 0 Å². The van der Waals surface area contributed by atoms with Crippen LogP contribution in [0.4, 0.5) is 4.39 Å². The first-order valence-corrected chi connectivity index (χ1v) is 4.42. The maximum Gasteiger partial charge on any atom is 0.165 e. The van der Waals surface area contributed by atoms with Crippen LogP contribution in [-0.4, -0.2) is 21.9 Å². The fourth-order valence-electron chi connectivity index (χ4n) is 1.18. The van der Waals surface area contributed by atoms with Gasteiger partial charge in [-0.2, -0.15) is 0 Å². The maximum absolute atomic E-state index is 12.9. The molecular weight excluding hydrogens is 187 g/mol. The Kier molecular flexibility index (Phi) is 3.85. The van der Waals surface area contributed by atoms with Gasteiger partial charge in [0.05, 0.1) is 6.10 Å². The van der Waals surface area contributed by atoms with Crippen molar-refractivity contribution in [2.24, 2.45) is 0 Å². The number of hydrogen-bond acceptors (Lipinski definition) is 3. The molecule has 0 aromatic heterocycles. The van der Waals surface area contributed by atoms with E-state index in [1.807, 2.05) is 0 Å². The fraction of sp³-hybridized carbons (Fsp3) is 0.400. The van der Waals surface area contributed by atoms with E-state index in [0.717, 1.165) is 6.07 Å². The van der Waals surface area contributed by atoms with E-state index >= 15 is 0 Å². The number of rotatable bonds is 4. The molecule has 3 nitrogen and oxygen atoms in total. The lowest BCUT2D eigenvalue weighted by Crippen LogP contribution is -1.99. The molecule has 78 valence electrons. The molecule has 0 aliphatic carbocycles. The van der Waals surface area contributed by atoms with E-state index in [1.165, 1.54) is 12.1 Å². The van der Waals surface area contributed by atoms with Crippen LogP contribution in [0.3, 0.4) is 0 Å². The van der Waals surface area contributed by atoms with Crippen LogP contribution in [0, 0.1) is 5.82 Å². The van der Waals surface area contributed by atoms with E-state index in [2.05, 4.69) is 0 Å². The van der Waals surface area contributed by atoms with Crippen LogP contribution in [0.25, 0.3) is 0 Å². The van der Waals surface area contributed by atoms with Gasteiger partial charge in [-0.05, 0) is 30.5 Å². The second-order valence-electron chi connectivity index (χ2n) is 3.09. The lowest BCUT2D eigenvalue weighted by atomic mass is 10.0. The number of phenols is 1. The van der Waals surface area contributed by atoms with Gasteiger partial charge >= 0.3 is 0 Å². The quantitative estimate of drug-likeness (QED) is 0.687. The predicted molar refractivity (Wildman–Crippen MR) is 49.3 cm³/mol. The summed E-state index contributed by atoms with van der Waals surface area (Å²) in [5.74, 6) is -1.17. The molecule has 0 amide bonds. The SMILES string of the molecule is OCCC[C@@H](O)c1ccc(O)c(F)c1. The van der Waals surface area contributed by atoms with Crippen molar-refractivity contribution in [1.29, 1.82) is 0 Å². The van der Waals surface area contributed by atoms with Gasteiger partial charge in [-0.3, -0.25) is 0 Å². The second-order valence-corrected chi connectivity index (χ2v) is 3.09. The van der Waals surface area contributed by atoms with Gasteiger partial charge in [0.2, 0.25) is 0 Å². The van der Waals surface area contributed by atoms with Gasteiger partial charge in [0.15, 0.2) is 11.6 Å². The molecule has 0 heterocycles. The minimum absolute atomic E-state index is 0.00236. The molecule has 0 bridgehead atoms. The minimum Gasteiger partial charge on any atom is -0.505 e. The monoisotopic (exact) mass is 200 g/mol. The lowest BCUT2D eigenvalue weighted by molar-refractivity contribution is 0.151. The molecule has 4 heteroatoms. The van der Waals surface area contributed by atoms with Gasteiger partial charge in [-0.15, -0.1) is 0 Å². The zero-order valence-electron chi connectivity index (χ0n) is 7.65. The van der Waals surface area contributed by atoms with E-state index in [-0.39, 0.29) is 6.61 Å². The van der Waals surface area contributed by atoms with Crippen LogP contribution in [0.15, 0.2) is 18.2 Å². The van der Waals surface area contributed by atoms with Crippen molar-refractivity contribution < 1.29 is 19.7 Å². The first-order valence-electron chi connectivity index (χ1n) is 4.42. The normalized spacial score (nSPS) is 12.8. The summed E-state index contributed by atoms with van der Waals surface area (Å²) in [4.78, 5) is 0. The van der Waals surface area contributed by atoms with Crippen LogP contribution in [0.2, 0.25) is 0 Å². The number of hydrogen-bond donors (Lipinski definition) is 3. The molecule has 1 atom stereocenters. The third-order valence-corrected chi connectivity index (χ3v) is 1.99. The highest BCUT2D eigenvalue weighted by Gasteiger charge is 2.09. The molecule has 1 aromatic rings. The Morgan fingerprint density at radius 2 is 2.07 bits per heavy atom. The van der Waals surface area contributed by atoms with Gasteiger partial charge in [0, 0.05) is 6.61 Å². The third-order valence-electron chi connectivity index (χ3n) is 1.99. The van der Waals surface area contributed by atoms with Crippen molar-refractivity contribution in [1.82, 2.24) is 0 Å². The Bertz CT molecular complexity index is 301. The number of benzene rings is 1. The largest absolute Gasteiger partial charge is 0.505 e. The summed E-state index contributed by atoms with van der Waals surface area (Å²) in [5, 5.41) is 26.9. The average Bonchev–Trinajstić information content (AvgIpc) is 2.18. The molecule has 1 aromatic carbocycles. The number of aliphatic hydroxyl groups excluding tert-OH is 2. The molecule has 0 aliphatic rings. The Morgan fingerprint density at radius 3 is 2.64 bits per heavy atom. The summed E-state index contributed by atoms with van der Waals surface area (Å²) in [6, 6.07) is 3.75. The molecule has 14 heavy (non-hydrogen) atoms. The first-order chi connectivity index (χ1) is 6.65. The number of aliphatic hydroxyl groups is 2. The van der Waals surface area contributed by atoms with Crippen LogP contribution in [0.1, 0.15) is 24.5 Å². The Morgan fingerprint density at radius 1 is 1.36 bits per heavy atom. The Labute approximate surface area is 81.4 Å². The highest BCUT2D eigenvalue weighted by molar-refractivity contribution is 5.29. The van der Waals surface area contributed by atoms with Crippen molar-refractivity contribution in [3.8, 4) is 5.75 Å². The Balaban J connectivity index is 2.70. The van der Waals surface area contributed by atoms with Gasteiger partial charge in [-0.1, -0.05) is 6.07 Å². The zero-order chi connectivity index (χ0) is 10.6. The van der Waals surface area contributed by atoms with E-state index < -0.39 is 17.7 Å². The van der Waals surface area contributed by atoms with Gasteiger partial charge in [-0.25, -0.2) is 4.39 Å². The topological polar surface area (TPSA) is 60.7 Å². The van der Waals surface area contributed by atoms with E-state index in [0.29, 0.717) is 18.4 Å². The number of phenolic OH excluding ortho intramolecular Hbond substituents is 1. The van der Waals surface area contributed by atoms with Crippen molar-refractivity contribution in [2.45, 2.75) is 18.9 Å². The predicted octanol–water partition coefficient (Wildman–Crippen LogP) is 1.34. The summed E-state index contributed by atoms with van der Waals surface area (Å²) in [7, 11) is 0. The fourth-order valence-corrected chi connectivity index (χ4v) is 1.18. The summed E-state index contributed by atoms with van der Waals surface area (Å²) in [6.07, 6.45) is 0.0435. The van der Waals surface area contributed by atoms with Crippen molar-refractivity contribution in [3.05, 3.63) is 29.6 Å². The van der Waals surface area contributed by atoms with Crippen LogP contribution in [-0.2, 0) is 0 Å². The zero-order valence-corrected chi connectivity index (χ0v) is 7.65. The Hall–Kier alpha value is -1.13. The van der Waals surface area contributed by atoms with Crippen LogP contribution in [0.5, 0.6) is 5.75 Å². The van der Waals surface area contributed by atoms with Crippen LogP contribution >= 0.6 is 0 Å². The molecule has 3 N–H and O–H groups in total. The van der Waals surface area contributed by atoms with Crippen molar-refractivity contribution in [2.75, 3.05) is 6.61 Å². The highest BCUT2D eigenvalue weighted by Crippen LogP contribution is 2.23. The molecule has 1 rings (SSSR count). The first kappa shape index (κ1) is 10.9. The molecule has 0 unspecified atom stereocenters. The maximum atomic E-state index is 12.9. The summed E-state index contributed by atoms with van der Waals surface area (Å²) >= 11 is 0. The van der Waals surface area contributed by atoms with Gasteiger partial charge in [0.25, 0.3) is 0 Å². The van der Waals surface area contributed by atoms with Crippen LogP contribution < -0.4 is 0 Å². The number of halogens is 1. The average molecular weight is 200 g/mol. The van der Waals surface area contributed by atoms with Gasteiger partial charge in [0.1, 0.15) is 0 Å². The standard InChI is InChI=1S/C10H13FO3/c11-8-6-7(3-4-10(8)14)9(13)2-1-5-12/h3-4,6,9,12-14H,1-2,5H2/t9-/m1/s1. The van der Waals surface area contributed by atoms with Gasteiger partial charge < -0.3 is 15.3 Å². The molecule has 0 saturated heterocycles. The molecule has 0 fully saturated rings. The molecule has 0 aliphatic heterocycles. The summed E-state index contributed by atoms with van der Waals surface area (Å²) in [6.45, 7) is -0.00236. The molecular formula is C10H13FO3. The third kappa shape index (κ3) is 2.68. The second kappa shape index (κ2) is 4.93. The van der Waals surface area contributed by atoms with E-state index in [1.54, 1.807) is 0 Å². The highest BCUT2D eigenvalue weighted by atomic mass is 19.1. The minimum atomic E-state index is -0.794. The van der Waals surface area contributed by atoms with E-state index in [4.69, 9.17) is 10.2 Å². The van der Waals surface area contributed by atoms with Crippen molar-refractivity contribution in [3.63, 3.8) is 0 Å². The summed E-state index contributed by atoms with van der Waals surface area (Å²) in [5.41, 5.74) is 0.411. The summed E-state index contributed by atoms with van der Waals surface area (Å²) < 4.78 is 12.9. The lowest BCUT2D eigenvalue weighted by Gasteiger charge is -2.10. The smallest absolute Gasteiger partial charge is 0.165 e. The molecule has 0 spiro atoms. The number of aromatic hydroxyl groups is 1. The molecule has 0 radical (unpaired) electrons. The van der Waals surface area contributed by atoms with E-state index in [9.17, 15) is 9.50 Å². The molecule has 0 saturated carbocycles.